The summed E-state index contributed by atoms with van der Waals surface area (Å²) in [6.45, 7) is 2.86. The first kappa shape index (κ1) is 6.89. The molecule has 0 radical (unpaired) electrons. The molecular weight excluding hydrogens is 138 g/mol. The molecule has 0 aromatic rings. The predicted molar refractivity (Wildman–Crippen MR) is 44.5 cm³/mol. The Morgan fingerprint density at radius 3 is 3.09 bits per heavy atom. The van der Waals surface area contributed by atoms with Crippen molar-refractivity contribution in [1.82, 2.24) is 0 Å². The molecule has 0 bridgehead atoms. The Morgan fingerprint density at radius 1 is 1.64 bits per heavy atom. The molecule has 0 aromatic heterocycles. The Bertz CT molecular complexity index is 214. The van der Waals surface area contributed by atoms with E-state index in [0.717, 1.165) is 12.3 Å². The smallest absolute Gasteiger partial charge is 0.138 e. The van der Waals surface area contributed by atoms with Crippen molar-refractivity contribution in [3.63, 3.8) is 0 Å². The average molecular weight is 151 g/mol. The standard InChI is InChI=1S/C9H13NO/c1-2-7-5-9(8-3-4-8)10-11-6-7/h5,8H,2-4,6H2,1H3. The lowest BCUT2D eigenvalue weighted by Crippen LogP contribution is -2.08. The lowest BCUT2D eigenvalue weighted by atomic mass is 10.1. The van der Waals surface area contributed by atoms with Crippen LogP contribution in [0.3, 0.4) is 0 Å². The van der Waals surface area contributed by atoms with Crippen LogP contribution in [0.15, 0.2) is 16.8 Å². The van der Waals surface area contributed by atoms with E-state index in [2.05, 4.69) is 18.2 Å². The fraction of sp³-hybridized carbons (Fsp3) is 0.667. The normalized spacial score (nSPS) is 23.7. The molecule has 11 heavy (non-hydrogen) atoms. The van der Waals surface area contributed by atoms with Gasteiger partial charge in [0.15, 0.2) is 0 Å². The zero-order valence-electron chi connectivity index (χ0n) is 6.84. The van der Waals surface area contributed by atoms with Crippen LogP contribution in [0.25, 0.3) is 0 Å². The zero-order chi connectivity index (χ0) is 7.68. The predicted octanol–water partition coefficient (Wildman–Crippen LogP) is 2.12. The Balaban J connectivity index is 2.08. The highest BCUT2D eigenvalue weighted by Gasteiger charge is 2.28. The van der Waals surface area contributed by atoms with E-state index in [-0.39, 0.29) is 0 Å². The van der Waals surface area contributed by atoms with Crippen molar-refractivity contribution in [3.8, 4) is 0 Å². The van der Waals surface area contributed by atoms with Crippen LogP contribution in [0.2, 0.25) is 0 Å². The summed E-state index contributed by atoms with van der Waals surface area (Å²) in [7, 11) is 0. The van der Waals surface area contributed by atoms with Crippen molar-refractivity contribution in [3.05, 3.63) is 11.6 Å². The maximum absolute atomic E-state index is 5.11. The van der Waals surface area contributed by atoms with Crippen LogP contribution in [-0.2, 0) is 4.84 Å². The summed E-state index contributed by atoms with van der Waals surface area (Å²) in [6.07, 6.45) is 5.90. The lowest BCUT2D eigenvalue weighted by Gasteiger charge is -2.10. The molecule has 2 heteroatoms. The van der Waals surface area contributed by atoms with Gasteiger partial charge in [0.2, 0.25) is 0 Å². The van der Waals surface area contributed by atoms with Gasteiger partial charge in [-0.1, -0.05) is 12.1 Å². The topological polar surface area (TPSA) is 21.6 Å². The maximum Gasteiger partial charge on any atom is 0.138 e. The largest absolute Gasteiger partial charge is 0.391 e. The van der Waals surface area contributed by atoms with Crippen LogP contribution in [0, 0.1) is 5.92 Å². The van der Waals surface area contributed by atoms with Gasteiger partial charge in [0, 0.05) is 5.92 Å². The number of hydrogen-bond donors (Lipinski definition) is 0. The molecule has 60 valence electrons. The molecule has 0 atom stereocenters. The van der Waals surface area contributed by atoms with E-state index in [1.807, 2.05) is 0 Å². The summed E-state index contributed by atoms with van der Waals surface area (Å²) in [5.74, 6) is 0.719. The minimum Gasteiger partial charge on any atom is -0.391 e. The minimum atomic E-state index is 0.701. The molecule has 1 heterocycles. The quantitative estimate of drug-likeness (QED) is 0.592. The molecular formula is C9H13NO. The van der Waals surface area contributed by atoms with E-state index in [1.165, 1.54) is 24.1 Å². The number of rotatable bonds is 2. The van der Waals surface area contributed by atoms with Gasteiger partial charge in [-0.15, -0.1) is 0 Å². The number of hydrogen-bond acceptors (Lipinski definition) is 2. The second-order valence-corrected chi connectivity index (χ2v) is 3.22. The lowest BCUT2D eigenvalue weighted by molar-refractivity contribution is 0.161. The van der Waals surface area contributed by atoms with Crippen molar-refractivity contribution in [2.75, 3.05) is 6.61 Å². The van der Waals surface area contributed by atoms with E-state index >= 15 is 0 Å². The van der Waals surface area contributed by atoms with E-state index in [1.54, 1.807) is 0 Å². The third-order valence-corrected chi connectivity index (χ3v) is 2.22. The van der Waals surface area contributed by atoms with Crippen LogP contribution in [0.4, 0.5) is 0 Å². The van der Waals surface area contributed by atoms with Crippen molar-refractivity contribution < 1.29 is 4.84 Å². The average Bonchev–Trinajstić information content (AvgIpc) is 2.87. The maximum atomic E-state index is 5.11. The third-order valence-electron chi connectivity index (χ3n) is 2.22. The van der Waals surface area contributed by atoms with E-state index in [9.17, 15) is 0 Å². The summed E-state index contributed by atoms with van der Waals surface area (Å²) in [6, 6.07) is 0. The van der Waals surface area contributed by atoms with Crippen LogP contribution >= 0.6 is 0 Å². The first-order valence-corrected chi connectivity index (χ1v) is 4.29. The number of nitrogens with zero attached hydrogens (tertiary/aromatic N) is 1. The molecule has 0 amide bonds. The van der Waals surface area contributed by atoms with E-state index < -0.39 is 0 Å². The second-order valence-electron chi connectivity index (χ2n) is 3.22. The fourth-order valence-corrected chi connectivity index (χ4v) is 1.24. The molecule has 2 aliphatic rings. The minimum absolute atomic E-state index is 0.701. The van der Waals surface area contributed by atoms with Crippen molar-refractivity contribution in [1.29, 1.82) is 0 Å². The highest BCUT2D eigenvalue weighted by atomic mass is 16.6. The summed E-state index contributed by atoms with van der Waals surface area (Å²) < 4.78 is 0. The molecule has 1 saturated carbocycles. The van der Waals surface area contributed by atoms with Crippen LogP contribution in [0.5, 0.6) is 0 Å². The number of allylic oxidation sites excluding steroid dienone is 1. The second kappa shape index (κ2) is 2.68. The summed E-state index contributed by atoms with van der Waals surface area (Å²) >= 11 is 0. The van der Waals surface area contributed by atoms with Gasteiger partial charge in [0.25, 0.3) is 0 Å². The monoisotopic (exact) mass is 151 g/mol. The number of oxime groups is 1. The highest BCUT2D eigenvalue weighted by molar-refractivity contribution is 5.98. The fourth-order valence-electron chi connectivity index (χ4n) is 1.24. The van der Waals surface area contributed by atoms with Crippen molar-refractivity contribution in [2.24, 2.45) is 11.1 Å². The van der Waals surface area contributed by atoms with Gasteiger partial charge in [0.1, 0.15) is 6.61 Å². The molecule has 2 rings (SSSR count). The van der Waals surface area contributed by atoms with E-state index in [4.69, 9.17) is 4.84 Å². The van der Waals surface area contributed by atoms with Gasteiger partial charge < -0.3 is 4.84 Å². The SMILES string of the molecule is CCC1=CC(C2CC2)=NOC1. The van der Waals surface area contributed by atoms with Gasteiger partial charge in [0.05, 0.1) is 5.71 Å². The molecule has 1 fully saturated rings. The van der Waals surface area contributed by atoms with E-state index in [0.29, 0.717) is 6.61 Å². The van der Waals surface area contributed by atoms with Crippen molar-refractivity contribution >= 4 is 5.71 Å². The molecule has 1 aliphatic carbocycles. The summed E-state index contributed by atoms with van der Waals surface area (Å²) in [5.41, 5.74) is 2.55. The van der Waals surface area contributed by atoms with Gasteiger partial charge >= 0.3 is 0 Å². The molecule has 0 aromatic carbocycles. The van der Waals surface area contributed by atoms with Crippen molar-refractivity contribution in [2.45, 2.75) is 26.2 Å². The van der Waals surface area contributed by atoms with Gasteiger partial charge in [-0.2, -0.15) is 0 Å². The van der Waals surface area contributed by atoms with Gasteiger partial charge in [-0.25, -0.2) is 0 Å². The molecule has 0 unspecified atom stereocenters. The van der Waals surface area contributed by atoms with Crippen LogP contribution < -0.4 is 0 Å². The highest BCUT2D eigenvalue weighted by Crippen LogP contribution is 2.32. The van der Waals surface area contributed by atoms with Crippen LogP contribution in [0.1, 0.15) is 26.2 Å². The third kappa shape index (κ3) is 1.44. The molecule has 1 aliphatic heterocycles. The van der Waals surface area contributed by atoms with Gasteiger partial charge in [-0.05, 0) is 30.9 Å². The molecule has 2 nitrogen and oxygen atoms in total. The summed E-state index contributed by atoms with van der Waals surface area (Å²) in [5, 5.41) is 4.03. The van der Waals surface area contributed by atoms with Crippen LogP contribution in [-0.4, -0.2) is 12.3 Å². The summed E-state index contributed by atoms with van der Waals surface area (Å²) in [4.78, 5) is 5.11. The first-order valence-electron chi connectivity index (χ1n) is 4.29. The first-order chi connectivity index (χ1) is 5.40. The molecule has 0 spiro atoms. The Morgan fingerprint density at radius 2 is 2.45 bits per heavy atom. The molecule has 0 saturated heterocycles. The zero-order valence-corrected chi connectivity index (χ0v) is 6.84. The Hall–Kier alpha value is -0.790. The Labute approximate surface area is 66.9 Å². The molecule has 0 N–H and O–H groups in total. The Kier molecular flexibility index (Phi) is 1.68. The van der Waals surface area contributed by atoms with Gasteiger partial charge in [-0.3, -0.25) is 0 Å².